The van der Waals surface area contributed by atoms with E-state index in [1.807, 2.05) is 19.1 Å². The molecule has 0 aromatic carbocycles. The van der Waals surface area contributed by atoms with Crippen molar-refractivity contribution in [2.75, 3.05) is 0 Å². The largest absolute Gasteiger partial charge is 0.399 e. The Morgan fingerprint density at radius 1 is 1.60 bits per heavy atom. The summed E-state index contributed by atoms with van der Waals surface area (Å²) < 4.78 is 0. The van der Waals surface area contributed by atoms with Crippen LogP contribution in [0.25, 0.3) is 5.70 Å². The Labute approximate surface area is 60.4 Å². The van der Waals surface area contributed by atoms with Crippen LogP contribution in [0.2, 0.25) is 0 Å². The zero-order chi connectivity index (χ0) is 7.56. The summed E-state index contributed by atoms with van der Waals surface area (Å²) in [5.41, 5.74) is 7.88. The van der Waals surface area contributed by atoms with Crippen LogP contribution in [0, 0.1) is 6.92 Å². The molecule has 0 radical (unpaired) electrons. The van der Waals surface area contributed by atoms with Crippen LogP contribution < -0.4 is 5.73 Å². The number of nitrogens with two attached hydrogens (primary N) is 1. The van der Waals surface area contributed by atoms with Gasteiger partial charge in [-0.15, -0.1) is 0 Å². The molecular formula is C8H10N2. The normalized spacial score (nSPS) is 9.30. The second-order valence-electron chi connectivity index (χ2n) is 2.21. The number of nitrogens with zero attached hydrogens (tertiary/aromatic N) is 1. The molecule has 0 bridgehead atoms. The quantitative estimate of drug-likeness (QED) is 0.629. The molecule has 0 fully saturated rings. The molecule has 1 rings (SSSR count). The molecule has 0 aliphatic carbocycles. The highest BCUT2D eigenvalue weighted by Gasteiger charge is 1.91. The summed E-state index contributed by atoms with van der Waals surface area (Å²) >= 11 is 0. The first-order chi connectivity index (χ1) is 4.70. The van der Waals surface area contributed by atoms with Gasteiger partial charge in [0.05, 0.1) is 0 Å². The average molecular weight is 134 g/mol. The number of pyridine rings is 1. The minimum atomic E-state index is 0.563. The summed E-state index contributed by atoms with van der Waals surface area (Å²) in [6.07, 6.45) is 1.72. The molecule has 1 aromatic heterocycles. The SMILES string of the molecule is C=C(N)c1ccc(C)nc1. The molecular weight excluding hydrogens is 124 g/mol. The standard InChI is InChI=1S/C8H10N2/c1-6-3-4-8(5-10-6)7(2)9/h3-5H,2,9H2,1H3. The first kappa shape index (κ1) is 6.81. The van der Waals surface area contributed by atoms with Crippen LogP contribution in [0.3, 0.4) is 0 Å². The number of hydrogen-bond acceptors (Lipinski definition) is 2. The monoisotopic (exact) mass is 134 g/mol. The van der Waals surface area contributed by atoms with E-state index in [0.29, 0.717) is 5.70 Å². The Kier molecular flexibility index (Phi) is 1.71. The van der Waals surface area contributed by atoms with Crippen molar-refractivity contribution in [1.82, 2.24) is 4.98 Å². The molecule has 0 spiro atoms. The summed E-state index contributed by atoms with van der Waals surface area (Å²) in [6.45, 7) is 5.53. The molecule has 52 valence electrons. The summed E-state index contributed by atoms with van der Waals surface area (Å²) in [7, 11) is 0. The fourth-order valence-corrected chi connectivity index (χ4v) is 0.658. The van der Waals surface area contributed by atoms with Crippen molar-refractivity contribution >= 4 is 5.70 Å². The van der Waals surface area contributed by atoms with Crippen LogP contribution >= 0.6 is 0 Å². The molecule has 0 aliphatic heterocycles. The van der Waals surface area contributed by atoms with Gasteiger partial charge in [-0.25, -0.2) is 0 Å². The zero-order valence-electron chi connectivity index (χ0n) is 5.96. The van der Waals surface area contributed by atoms with Gasteiger partial charge in [0, 0.05) is 23.2 Å². The molecule has 2 heteroatoms. The van der Waals surface area contributed by atoms with E-state index < -0.39 is 0 Å². The molecule has 0 amide bonds. The van der Waals surface area contributed by atoms with E-state index >= 15 is 0 Å². The Bertz CT molecular complexity index is 236. The van der Waals surface area contributed by atoms with Crippen molar-refractivity contribution in [1.29, 1.82) is 0 Å². The van der Waals surface area contributed by atoms with E-state index in [1.165, 1.54) is 0 Å². The van der Waals surface area contributed by atoms with Gasteiger partial charge in [-0.3, -0.25) is 4.98 Å². The minimum absolute atomic E-state index is 0.563. The maximum Gasteiger partial charge on any atom is 0.0373 e. The number of aromatic nitrogens is 1. The molecule has 0 saturated heterocycles. The average Bonchev–Trinajstić information content (AvgIpc) is 1.88. The molecule has 0 unspecified atom stereocenters. The molecule has 0 saturated carbocycles. The van der Waals surface area contributed by atoms with Gasteiger partial charge < -0.3 is 5.73 Å². The fraction of sp³-hybridized carbons (Fsp3) is 0.125. The second kappa shape index (κ2) is 2.52. The van der Waals surface area contributed by atoms with Gasteiger partial charge in [0.1, 0.15) is 0 Å². The van der Waals surface area contributed by atoms with Crippen LogP contribution in [-0.4, -0.2) is 4.98 Å². The highest BCUT2D eigenvalue weighted by atomic mass is 14.7. The lowest BCUT2D eigenvalue weighted by molar-refractivity contribution is 1.19. The maximum atomic E-state index is 5.43. The van der Waals surface area contributed by atoms with Crippen molar-refractivity contribution in [3.05, 3.63) is 36.2 Å². The van der Waals surface area contributed by atoms with E-state index in [9.17, 15) is 0 Å². The molecule has 1 aromatic rings. The van der Waals surface area contributed by atoms with E-state index in [-0.39, 0.29) is 0 Å². The number of rotatable bonds is 1. The van der Waals surface area contributed by atoms with Crippen LogP contribution in [-0.2, 0) is 0 Å². The summed E-state index contributed by atoms with van der Waals surface area (Å²) in [6, 6.07) is 3.82. The Balaban J connectivity index is 3.00. The highest BCUT2D eigenvalue weighted by molar-refractivity contribution is 5.58. The van der Waals surface area contributed by atoms with Crippen LogP contribution in [0.15, 0.2) is 24.9 Å². The van der Waals surface area contributed by atoms with Crippen LogP contribution in [0.1, 0.15) is 11.3 Å². The summed E-state index contributed by atoms with van der Waals surface area (Å²) in [4.78, 5) is 4.06. The lowest BCUT2D eigenvalue weighted by Crippen LogP contribution is -1.94. The van der Waals surface area contributed by atoms with Crippen molar-refractivity contribution in [3.63, 3.8) is 0 Å². The minimum Gasteiger partial charge on any atom is -0.399 e. The molecule has 1 heterocycles. The fourth-order valence-electron chi connectivity index (χ4n) is 0.658. The summed E-state index contributed by atoms with van der Waals surface area (Å²) in [5.74, 6) is 0. The predicted octanol–water partition coefficient (Wildman–Crippen LogP) is 1.32. The Morgan fingerprint density at radius 2 is 2.30 bits per heavy atom. The third-order valence-electron chi connectivity index (χ3n) is 1.28. The van der Waals surface area contributed by atoms with Gasteiger partial charge in [0.15, 0.2) is 0 Å². The third kappa shape index (κ3) is 1.35. The van der Waals surface area contributed by atoms with Crippen molar-refractivity contribution in [2.24, 2.45) is 5.73 Å². The Hall–Kier alpha value is -1.31. The molecule has 2 nitrogen and oxygen atoms in total. The van der Waals surface area contributed by atoms with Gasteiger partial charge in [0.2, 0.25) is 0 Å². The smallest absolute Gasteiger partial charge is 0.0373 e. The van der Waals surface area contributed by atoms with Crippen molar-refractivity contribution < 1.29 is 0 Å². The predicted molar refractivity (Wildman–Crippen MR) is 42.2 cm³/mol. The molecule has 2 N–H and O–H groups in total. The van der Waals surface area contributed by atoms with E-state index in [4.69, 9.17) is 5.73 Å². The lowest BCUT2D eigenvalue weighted by Gasteiger charge is -1.97. The summed E-state index contributed by atoms with van der Waals surface area (Å²) in [5, 5.41) is 0. The lowest BCUT2D eigenvalue weighted by atomic mass is 10.2. The second-order valence-corrected chi connectivity index (χ2v) is 2.21. The first-order valence-electron chi connectivity index (χ1n) is 3.07. The van der Waals surface area contributed by atoms with Crippen LogP contribution in [0.4, 0.5) is 0 Å². The maximum absolute atomic E-state index is 5.43. The van der Waals surface area contributed by atoms with E-state index in [2.05, 4.69) is 11.6 Å². The Morgan fingerprint density at radius 3 is 2.70 bits per heavy atom. The molecule has 10 heavy (non-hydrogen) atoms. The van der Waals surface area contributed by atoms with Crippen LogP contribution in [0.5, 0.6) is 0 Å². The number of hydrogen-bond donors (Lipinski definition) is 1. The highest BCUT2D eigenvalue weighted by Crippen LogP contribution is 2.04. The van der Waals surface area contributed by atoms with Gasteiger partial charge in [-0.2, -0.15) is 0 Å². The van der Waals surface area contributed by atoms with E-state index in [1.54, 1.807) is 6.20 Å². The van der Waals surface area contributed by atoms with Gasteiger partial charge >= 0.3 is 0 Å². The van der Waals surface area contributed by atoms with Crippen molar-refractivity contribution in [3.8, 4) is 0 Å². The third-order valence-corrected chi connectivity index (χ3v) is 1.28. The zero-order valence-corrected chi connectivity index (χ0v) is 5.96. The first-order valence-corrected chi connectivity index (χ1v) is 3.07. The van der Waals surface area contributed by atoms with Gasteiger partial charge in [0.25, 0.3) is 0 Å². The topological polar surface area (TPSA) is 38.9 Å². The van der Waals surface area contributed by atoms with Gasteiger partial charge in [-0.05, 0) is 19.1 Å². The van der Waals surface area contributed by atoms with Gasteiger partial charge in [-0.1, -0.05) is 6.58 Å². The van der Waals surface area contributed by atoms with E-state index in [0.717, 1.165) is 11.3 Å². The number of aryl methyl sites for hydroxylation is 1. The van der Waals surface area contributed by atoms with Crippen molar-refractivity contribution in [2.45, 2.75) is 6.92 Å². The molecule has 0 atom stereocenters. The molecule has 0 aliphatic rings.